The molecule has 0 spiro atoms. The van der Waals surface area contributed by atoms with E-state index in [0.29, 0.717) is 0 Å². The van der Waals surface area contributed by atoms with Crippen molar-refractivity contribution in [2.75, 3.05) is 7.11 Å². The summed E-state index contributed by atoms with van der Waals surface area (Å²) >= 11 is 0. The van der Waals surface area contributed by atoms with E-state index in [1.54, 1.807) is 0 Å². The molecule has 120 valence electrons. The molecular formula is C14H13F4NO3. The second-order valence-corrected chi connectivity index (χ2v) is 5.14. The highest BCUT2D eigenvalue weighted by molar-refractivity contribution is 5.88. The molecule has 0 aliphatic heterocycles. The van der Waals surface area contributed by atoms with Gasteiger partial charge in [0.15, 0.2) is 23.3 Å². The highest BCUT2D eigenvalue weighted by Crippen LogP contribution is 2.35. The summed E-state index contributed by atoms with van der Waals surface area (Å²) in [5.41, 5.74) is -2.44. The van der Waals surface area contributed by atoms with Crippen LogP contribution in [0.25, 0.3) is 0 Å². The van der Waals surface area contributed by atoms with Gasteiger partial charge in [0, 0.05) is 18.9 Å². The predicted molar refractivity (Wildman–Crippen MR) is 66.9 cm³/mol. The number of rotatable bonds is 2. The van der Waals surface area contributed by atoms with Crippen molar-refractivity contribution in [1.82, 2.24) is 5.32 Å². The number of esters is 1. The minimum absolute atomic E-state index is 0.117. The van der Waals surface area contributed by atoms with Crippen LogP contribution in [0.1, 0.15) is 24.5 Å². The summed E-state index contributed by atoms with van der Waals surface area (Å²) in [6.45, 7) is 1.14. The van der Waals surface area contributed by atoms with Gasteiger partial charge in [-0.1, -0.05) is 0 Å². The summed E-state index contributed by atoms with van der Waals surface area (Å²) in [6, 6.07) is 0. The van der Waals surface area contributed by atoms with E-state index in [2.05, 4.69) is 10.1 Å². The Balaban J connectivity index is 2.57. The first-order valence-corrected chi connectivity index (χ1v) is 6.44. The average Bonchev–Trinajstić information content (AvgIpc) is 2.49. The van der Waals surface area contributed by atoms with Gasteiger partial charge in [0.2, 0.25) is 5.91 Å². The number of hydrogen-bond acceptors (Lipinski definition) is 3. The SMILES string of the molecule is COC(=O)C1(NC(C)=O)CCc2c(F)c(F)c(F)c(F)c2C1. The molecule has 1 aliphatic carbocycles. The molecule has 0 fully saturated rings. The molecule has 0 saturated heterocycles. The second kappa shape index (κ2) is 5.58. The number of carbonyl (C=O) groups excluding carboxylic acids is 2. The fourth-order valence-corrected chi connectivity index (χ4v) is 2.76. The van der Waals surface area contributed by atoms with Gasteiger partial charge in [-0.15, -0.1) is 0 Å². The molecule has 1 atom stereocenters. The first-order valence-electron chi connectivity index (χ1n) is 6.44. The number of hydrogen-bond donors (Lipinski definition) is 1. The van der Waals surface area contributed by atoms with Crippen LogP contribution in [-0.2, 0) is 27.2 Å². The molecule has 1 amide bonds. The van der Waals surface area contributed by atoms with E-state index < -0.39 is 52.7 Å². The van der Waals surface area contributed by atoms with Crippen molar-refractivity contribution < 1.29 is 31.9 Å². The first kappa shape index (κ1) is 16.3. The van der Waals surface area contributed by atoms with Gasteiger partial charge in [-0.25, -0.2) is 22.4 Å². The first-order chi connectivity index (χ1) is 10.2. The number of carbonyl (C=O) groups is 2. The largest absolute Gasteiger partial charge is 0.467 e. The van der Waals surface area contributed by atoms with Crippen LogP contribution in [0.2, 0.25) is 0 Å². The van der Waals surface area contributed by atoms with Crippen LogP contribution < -0.4 is 5.32 Å². The number of methoxy groups -OCH3 is 1. The van der Waals surface area contributed by atoms with Gasteiger partial charge in [0.05, 0.1) is 7.11 Å². The van der Waals surface area contributed by atoms with E-state index >= 15 is 0 Å². The third-order valence-corrected chi connectivity index (χ3v) is 3.74. The smallest absolute Gasteiger partial charge is 0.331 e. The zero-order valence-corrected chi connectivity index (χ0v) is 11.9. The number of amides is 1. The van der Waals surface area contributed by atoms with Gasteiger partial charge >= 0.3 is 5.97 Å². The molecule has 0 saturated carbocycles. The Morgan fingerprint density at radius 2 is 1.59 bits per heavy atom. The van der Waals surface area contributed by atoms with Gasteiger partial charge in [-0.3, -0.25) is 4.79 Å². The van der Waals surface area contributed by atoms with Crippen molar-refractivity contribution in [3.63, 3.8) is 0 Å². The molecule has 1 unspecified atom stereocenters. The highest BCUT2D eigenvalue weighted by atomic mass is 19.2. The second-order valence-electron chi connectivity index (χ2n) is 5.14. The Labute approximate surface area is 123 Å². The van der Waals surface area contributed by atoms with E-state index in [1.165, 1.54) is 0 Å². The van der Waals surface area contributed by atoms with Gasteiger partial charge < -0.3 is 10.1 Å². The molecule has 4 nitrogen and oxygen atoms in total. The summed E-state index contributed by atoms with van der Waals surface area (Å²) < 4.78 is 58.9. The lowest BCUT2D eigenvalue weighted by Crippen LogP contribution is -2.58. The number of fused-ring (bicyclic) bond motifs is 1. The van der Waals surface area contributed by atoms with Crippen LogP contribution in [0.4, 0.5) is 17.6 Å². The van der Waals surface area contributed by atoms with Crippen molar-refractivity contribution in [2.24, 2.45) is 0 Å². The maximum atomic E-state index is 13.9. The third kappa shape index (κ3) is 2.42. The molecule has 0 radical (unpaired) electrons. The van der Waals surface area contributed by atoms with Crippen molar-refractivity contribution in [1.29, 1.82) is 0 Å². The lowest BCUT2D eigenvalue weighted by molar-refractivity contribution is -0.151. The van der Waals surface area contributed by atoms with Crippen molar-refractivity contribution >= 4 is 11.9 Å². The summed E-state index contributed by atoms with van der Waals surface area (Å²) in [4.78, 5) is 23.3. The fourth-order valence-electron chi connectivity index (χ4n) is 2.76. The summed E-state index contributed by atoms with van der Waals surface area (Å²) in [7, 11) is 1.07. The zero-order chi connectivity index (χ0) is 16.7. The molecule has 0 aromatic heterocycles. The molecule has 1 aromatic rings. The molecule has 0 heterocycles. The lowest BCUT2D eigenvalue weighted by Gasteiger charge is -2.36. The Kier molecular flexibility index (Phi) is 4.12. The number of ether oxygens (including phenoxy) is 1. The Morgan fingerprint density at radius 3 is 2.09 bits per heavy atom. The minimum Gasteiger partial charge on any atom is -0.467 e. The molecule has 8 heteroatoms. The van der Waals surface area contributed by atoms with Gasteiger partial charge in [0.1, 0.15) is 5.54 Å². The van der Waals surface area contributed by atoms with Crippen LogP contribution in [0.5, 0.6) is 0 Å². The van der Waals surface area contributed by atoms with Crippen molar-refractivity contribution in [2.45, 2.75) is 31.7 Å². The Bertz CT molecular complexity index is 662. The van der Waals surface area contributed by atoms with Crippen LogP contribution in [0, 0.1) is 23.3 Å². The maximum Gasteiger partial charge on any atom is 0.331 e. The standard InChI is InChI=1S/C14H13F4NO3/c1-6(20)19-14(13(21)22-2)4-3-7-8(5-14)10(16)12(18)11(17)9(7)15/h3-5H2,1-2H3,(H,19,20). The Hall–Kier alpha value is -2.12. The van der Waals surface area contributed by atoms with Crippen LogP contribution >= 0.6 is 0 Å². The topological polar surface area (TPSA) is 55.4 Å². The van der Waals surface area contributed by atoms with Crippen LogP contribution in [-0.4, -0.2) is 24.5 Å². The van der Waals surface area contributed by atoms with Gasteiger partial charge in [-0.2, -0.15) is 0 Å². The monoisotopic (exact) mass is 319 g/mol. The molecule has 1 N–H and O–H groups in total. The quantitative estimate of drug-likeness (QED) is 0.391. The number of halogens is 4. The molecule has 1 aliphatic rings. The van der Waals surface area contributed by atoms with E-state index in [0.717, 1.165) is 14.0 Å². The summed E-state index contributed by atoms with van der Waals surface area (Å²) in [5.74, 6) is -8.32. The normalized spacial score (nSPS) is 20.3. The third-order valence-electron chi connectivity index (χ3n) is 3.74. The average molecular weight is 319 g/mol. The minimum atomic E-state index is -1.94. The van der Waals surface area contributed by atoms with E-state index in [9.17, 15) is 27.2 Å². The summed E-state index contributed by atoms with van der Waals surface area (Å²) in [5, 5.41) is 2.35. The summed E-state index contributed by atoms with van der Waals surface area (Å²) in [6.07, 6.45) is -0.882. The van der Waals surface area contributed by atoms with Crippen LogP contribution in [0.3, 0.4) is 0 Å². The zero-order valence-electron chi connectivity index (χ0n) is 11.9. The van der Waals surface area contributed by atoms with E-state index in [1.807, 2.05) is 0 Å². The molecule has 1 aromatic carbocycles. The van der Waals surface area contributed by atoms with Crippen molar-refractivity contribution in [3.05, 3.63) is 34.4 Å². The number of nitrogens with one attached hydrogen (secondary N) is 1. The van der Waals surface area contributed by atoms with E-state index in [4.69, 9.17) is 0 Å². The molecule has 22 heavy (non-hydrogen) atoms. The molecular weight excluding hydrogens is 306 g/mol. The van der Waals surface area contributed by atoms with Gasteiger partial charge in [-0.05, 0) is 18.4 Å². The predicted octanol–water partition coefficient (Wildman–Crippen LogP) is 1.78. The van der Waals surface area contributed by atoms with E-state index in [-0.39, 0.29) is 18.4 Å². The highest BCUT2D eigenvalue weighted by Gasteiger charge is 2.46. The lowest BCUT2D eigenvalue weighted by atomic mass is 9.77. The van der Waals surface area contributed by atoms with Crippen molar-refractivity contribution in [3.8, 4) is 0 Å². The molecule has 2 rings (SSSR count). The Morgan fingerprint density at radius 1 is 1.05 bits per heavy atom. The van der Waals surface area contributed by atoms with Crippen LogP contribution in [0.15, 0.2) is 0 Å². The van der Waals surface area contributed by atoms with Gasteiger partial charge in [0.25, 0.3) is 0 Å². The number of benzene rings is 1. The molecule has 0 bridgehead atoms. The maximum absolute atomic E-state index is 13.9. The fraction of sp³-hybridized carbons (Fsp3) is 0.429.